The van der Waals surface area contributed by atoms with Crippen LogP contribution in [-0.2, 0) is 0 Å². The molecule has 2 heterocycles. The molecular formula is C15H17Cl2N3O2. The Balaban J connectivity index is 0.00000176. The number of amides is 1. The maximum Gasteiger partial charge on any atom is 0.276 e. The van der Waals surface area contributed by atoms with Crippen molar-refractivity contribution in [3.05, 3.63) is 41.0 Å². The van der Waals surface area contributed by atoms with Crippen LogP contribution in [0.15, 0.2) is 34.9 Å². The Morgan fingerprint density at radius 1 is 1.41 bits per heavy atom. The first-order valence-electron chi connectivity index (χ1n) is 6.89. The van der Waals surface area contributed by atoms with Crippen LogP contribution in [0.1, 0.15) is 17.4 Å². The van der Waals surface area contributed by atoms with E-state index in [1.165, 1.54) is 0 Å². The van der Waals surface area contributed by atoms with Gasteiger partial charge in [-0.05, 0) is 31.2 Å². The molecule has 1 saturated heterocycles. The molecule has 0 radical (unpaired) electrons. The van der Waals surface area contributed by atoms with Gasteiger partial charge >= 0.3 is 0 Å². The van der Waals surface area contributed by atoms with E-state index in [2.05, 4.69) is 17.4 Å². The molecule has 1 unspecified atom stereocenters. The van der Waals surface area contributed by atoms with Crippen LogP contribution in [0.2, 0.25) is 5.02 Å². The first-order valence-corrected chi connectivity index (χ1v) is 7.26. The molecule has 1 aromatic heterocycles. The summed E-state index contributed by atoms with van der Waals surface area (Å²) in [6.45, 7) is 4.23. The fourth-order valence-corrected chi connectivity index (χ4v) is 2.53. The van der Waals surface area contributed by atoms with E-state index in [1.807, 2.05) is 12.1 Å². The number of halogens is 2. The monoisotopic (exact) mass is 341 g/mol. The summed E-state index contributed by atoms with van der Waals surface area (Å²) in [6.07, 6.45) is 0. The average Bonchev–Trinajstić information content (AvgIpc) is 2.97. The Morgan fingerprint density at radius 2 is 2.14 bits per heavy atom. The van der Waals surface area contributed by atoms with Crippen molar-refractivity contribution in [3.8, 4) is 11.3 Å². The van der Waals surface area contributed by atoms with Crippen molar-refractivity contribution in [2.24, 2.45) is 0 Å². The second-order valence-corrected chi connectivity index (χ2v) is 5.63. The standard InChI is InChI=1S/C15H16ClN3O2.ClH/c1-10-9-19(7-6-17-10)15(20)13-8-14(21-18-13)11-2-4-12(16)5-3-11;/h2-5,8,10,17H,6-7,9H2,1H3;1H. The minimum atomic E-state index is -0.0905. The highest BCUT2D eigenvalue weighted by molar-refractivity contribution is 6.30. The molecule has 1 aliphatic rings. The van der Waals surface area contributed by atoms with Gasteiger partial charge < -0.3 is 14.7 Å². The van der Waals surface area contributed by atoms with Crippen LogP contribution in [0.5, 0.6) is 0 Å². The maximum absolute atomic E-state index is 12.4. The van der Waals surface area contributed by atoms with Gasteiger partial charge in [0.05, 0.1) is 0 Å². The van der Waals surface area contributed by atoms with Gasteiger partial charge in [-0.3, -0.25) is 4.79 Å². The van der Waals surface area contributed by atoms with Crippen LogP contribution in [-0.4, -0.2) is 41.6 Å². The van der Waals surface area contributed by atoms with Gasteiger partial charge in [0.25, 0.3) is 5.91 Å². The summed E-state index contributed by atoms with van der Waals surface area (Å²) in [6, 6.07) is 9.20. The molecule has 22 heavy (non-hydrogen) atoms. The number of benzene rings is 1. The van der Waals surface area contributed by atoms with Crippen molar-refractivity contribution >= 4 is 29.9 Å². The molecule has 3 rings (SSSR count). The van der Waals surface area contributed by atoms with E-state index < -0.39 is 0 Å². The van der Waals surface area contributed by atoms with Gasteiger partial charge in [0.1, 0.15) is 0 Å². The molecule has 2 aromatic rings. The highest BCUT2D eigenvalue weighted by atomic mass is 35.5. The Bertz CT molecular complexity index is 642. The first kappa shape index (κ1) is 16.8. The number of hydrogen-bond donors (Lipinski definition) is 1. The third-order valence-corrected chi connectivity index (χ3v) is 3.77. The normalized spacial score (nSPS) is 17.9. The minimum absolute atomic E-state index is 0. The van der Waals surface area contributed by atoms with E-state index in [0.717, 1.165) is 12.1 Å². The molecule has 5 nitrogen and oxygen atoms in total. The average molecular weight is 342 g/mol. The summed E-state index contributed by atoms with van der Waals surface area (Å²) >= 11 is 5.86. The molecule has 1 N–H and O–H groups in total. The number of rotatable bonds is 2. The molecule has 0 saturated carbocycles. The highest BCUT2D eigenvalue weighted by Gasteiger charge is 2.24. The summed E-state index contributed by atoms with van der Waals surface area (Å²) in [5.41, 5.74) is 1.19. The lowest BCUT2D eigenvalue weighted by Crippen LogP contribution is -2.51. The summed E-state index contributed by atoms with van der Waals surface area (Å²) in [4.78, 5) is 14.2. The zero-order valence-electron chi connectivity index (χ0n) is 12.1. The van der Waals surface area contributed by atoms with Gasteiger partial charge in [-0.1, -0.05) is 16.8 Å². The van der Waals surface area contributed by atoms with Crippen molar-refractivity contribution in [1.29, 1.82) is 0 Å². The molecule has 0 bridgehead atoms. The second-order valence-electron chi connectivity index (χ2n) is 5.19. The Hall–Kier alpha value is -1.56. The number of aromatic nitrogens is 1. The van der Waals surface area contributed by atoms with Gasteiger partial charge in [-0.15, -0.1) is 12.4 Å². The van der Waals surface area contributed by atoms with Gasteiger partial charge in [-0.2, -0.15) is 0 Å². The third-order valence-electron chi connectivity index (χ3n) is 3.51. The topological polar surface area (TPSA) is 58.4 Å². The van der Waals surface area contributed by atoms with Gasteiger partial charge in [0.2, 0.25) is 0 Å². The van der Waals surface area contributed by atoms with E-state index >= 15 is 0 Å². The quantitative estimate of drug-likeness (QED) is 0.912. The third kappa shape index (κ3) is 3.61. The predicted octanol–water partition coefficient (Wildman–Crippen LogP) is 2.85. The summed E-state index contributed by atoms with van der Waals surface area (Å²) in [7, 11) is 0. The molecule has 1 aromatic carbocycles. The maximum atomic E-state index is 12.4. The molecule has 1 fully saturated rings. The molecule has 1 aliphatic heterocycles. The van der Waals surface area contributed by atoms with E-state index in [1.54, 1.807) is 23.1 Å². The fraction of sp³-hybridized carbons (Fsp3) is 0.333. The minimum Gasteiger partial charge on any atom is -0.355 e. The number of carbonyl (C=O) groups excluding carboxylic acids is 1. The van der Waals surface area contributed by atoms with Crippen molar-refractivity contribution in [2.45, 2.75) is 13.0 Å². The molecule has 1 amide bonds. The fourth-order valence-electron chi connectivity index (χ4n) is 2.40. The molecule has 0 aliphatic carbocycles. The molecule has 1 atom stereocenters. The summed E-state index contributed by atoms with van der Waals surface area (Å²) in [5, 5.41) is 7.86. The lowest BCUT2D eigenvalue weighted by molar-refractivity contribution is 0.0698. The van der Waals surface area contributed by atoms with Crippen LogP contribution in [0, 0.1) is 0 Å². The van der Waals surface area contributed by atoms with Crippen LogP contribution >= 0.6 is 24.0 Å². The van der Waals surface area contributed by atoms with Crippen molar-refractivity contribution in [1.82, 2.24) is 15.4 Å². The summed E-state index contributed by atoms with van der Waals surface area (Å²) < 4.78 is 5.27. The van der Waals surface area contributed by atoms with Crippen molar-refractivity contribution in [3.63, 3.8) is 0 Å². The van der Waals surface area contributed by atoms with Gasteiger partial charge in [-0.25, -0.2) is 0 Å². The van der Waals surface area contributed by atoms with E-state index in [-0.39, 0.29) is 18.3 Å². The Kier molecular flexibility index (Phi) is 5.45. The predicted molar refractivity (Wildman–Crippen MR) is 87.6 cm³/mol. The van der Waals surface area contributed by atoms with E-state index in [0.29, 0.717) is 35.6 Å². The largest absolute Gasteiger partial charge is 0.355 e. The van der Waals surface area contributed by atoms with Gasteiger partial charge in [0, 0.05) is 42.3 Å². The number of carbonyl (C=O) groups is 1. The number of hydrogen-bond acceptors (Lipinski definition) is 4. The van der Waals surface area contributed by atoms with E-state index in [4.69, 9.17) is 16.1 Å². The Labute approximate surface area is 140 Å². The second kappa shape index (κ2) is 7.13. The number of nitrogens with one attached hydrogen (secondary N) is 1. The lowest BCUT2D eigenvalue weighted by Gasteiger charge is -2.31. The van der Waals surface area contributed by atoms with Gasteiger partial charge in [0.15, 0.2) is 11.5 Å². The lowest BCUT2D eigenvalue weighted by atomic mass is 10.1. The highest BCUT2D eigenvalue weighted by Crippen LogP contribution is 2.23. The SMILES string of the molecule is CC1CN(C(=O)c2cc(-c3ccc(Cl)cc3)on2)CCN1.Cl. The zero-order valence-corrected chi connectivity index (χ0v) is 13.7. The van der Waals surface area contributed by atoms with Crippen LogP contribution in [0.4, 0.5) is 0 Å². The van der Waals surface area contributed by atoms with Crippen LogP contribution < -0.4 is 5.32 Å². The zero-order chi connectivity index (χ0) is 14.8. The first-order chi connectivity index (χ1) is 10.1. The summed E-state index contributed by atoms with van der Waals surface area (Å²) in [5.74, 6) is 0.477. The smallest absolute Gasteiger partial charge is 0.276 e. The van der Waals surface area contributed by atoms with Crippen molar-refractivity contribution in [2.75, 3.05) is 19.6 Å². The number of piperazine rings is 1. The molecule has 7 heteroatoms. The molecule has 0 spiro atoms. The van der Waals surface area contributed by atoms with Crippen LogP contribution in [0.3, 0.4) is 0 Å². The van der Waals surface area contributed by atoms with Crippen LogP contribution in [0.25, 0.3) is 11.3 Å². The van der Waals surface area contributed by atoms with Crippen molar-refractivity contribution < 1.29 is 9.32 Å². The Morgan fingerprint density at radius 3 is 2.82 bits per heavy atom. The number of nitrogens with zero attached hydrogens (tertiary/aromatic N) is 2. The van der Waals surface area contributed by atoms with E-state index in [9.17, 15) is 4.79 Å². The molecular weight excluding hydrogens is 325 g/mol. The molecule has 118 valence electrons.